The first-order chi connectivity index (χ1) is 8.58. The van der Waals surface area contributed by atoms with Gasteiger partial charge in [0.2, 0.25) is 0 Å². The number of hydrogen-bond acceptors (Lipinski definition) is 4. The van der Waals surface area contributed by atoms with Crippen molar-refractivity contribution in [1.29, 1.82) is 0 Å². The van der Waals surface area contributed by atoms with Crippen molar-refractivity contribution in [3.8, 4) is 0 Å². The average molecular weight is 244 g/mol. The lowest BCUT2D eigenvalue weighted by Crippen LogP contribution is -2.02. The van der Waals surface area contributed by atoms with Crippen LogP contribution in [0.3, 0.4) is 0 Å². The van der Waals surface area contributed by atoms with Gasteiger partial charge in [-0.05, 0) is 32.9 Å². The molecule has 0 radical (unpaired) electrons. The molecule has 1 aromatic carbocycles. The largest absolute Gasteiger partial charge is 0.381 e. The van der Waals surface area contributed by atoms with E-state index >= 15 is 0 Å². The number of carbonyl (C=O) groups excluding carboxylic acids is 1. The van der Waals surface area contributed by atoms with Crippen molar-refractivity contribution in [3.63, 3.8) is 0 Å². The Kier molecular flexibility index (Phi) is 3.46. The van der Waals surface area contributed by atoms with E-state index in [2.05, 4.69) is 10.5 Å². The number of rotatable bonds is 4. The van der Waals surface area contributed by atoms with Crippen LogP contribution in [0.1, 0.15) is 34.3 Å². The highest BCUT2D eigenvalue weighted by molar-refractivity contribution is 5.94. The van der Waals surface area contributed by atoms with Crippen LogP contribution in [0.15, 0.2) is 28.8 Å². The summed E-state index contributed by atoms with van der Waals surface area (Å²) in [6.45, 7) is 6.01. The van der Waals surface area contributed by atoms with Gasteiger partial charge < -0.3 is 9.84 Å². The summed E-state index contributed by atoms with van der Waals surface area (Å²) in [7, 11) is 0. The Bertz CT molecular complexity index is 553. The molecule has 4 nitrogen and oxygen atoms in total. The van der Waals surface area contributed by atoms with E-state index in [1.165, 1.54) is 0 Å². The van der Waals surface area contributed by atoms with Gasteiger partial charge in [-0.2, -0.15) is 0 Å². The summed E-state index contributed by atoms with van der Waals surface area (Å²) in [5, 5.41) is 7.18. The maximum atomic E-state index is 11.3. The lowest BCUT2D eigenvalue weighted by molar-refractivity contribution is 0.101. The molecule has 0 saturated carbocycles. The van der Waals surface area contributed by atoms with E-state index in [1.54, 1.807) is 6.92 Å². The molecule has 2 aromatic rings. The standard InChI is InChI=1S/C14H16N2O2/c1-9-14(11(3)18-16-9)8-15-13-6-4-5-12(7-13)10(2)17/h4-7,15H,8H2,1-3H3. The predicted octanol–water partition coefficient (Wildman–Crippen LogP) is 3.11. The predicted molar refractivity (Wildman–Crippen MR) is 69.8 cm³/mol. The minimum absolute atomic E-state index is 0.0657. The number of Topliss-reactive ketones (excluding diaryl/α,β-unsaturated/α-hetero) is 1. The molecule has 0 amide bonds. The molecule has 0 atom stereocenters. The van der Waals surface area contributed by atoms with Crippen molar-refractivity contribution in [1.82, 2.24) is 5.16 Å². The minimum atomic E-state index is 0.0657. The normalized spacial score (nSPS) is 10.4. The summed E-state index contributed by atoms with van der Waals surface area (Å²) in [6, 6.07) is 7.46. The molecule has 2 rings (SSSR count). The molecule has 0 aliphatic rings. The lowest BCUT2D eigenvalue weighted by atomic mass is 10.1. The van der Waals surface area contributed by atoms with Crippen LogP contribution in [-0.4, -0.2) is 10.9 Å². The number of aromatic nitrogens is 1. The molecule has 94 valence electrons. The first kappa shape index (κ1) is 12.4. The third-order valence-electron chi connectivity index (χ3n) is 2.92. The van der Waals surface area contributed by atoms with Gasteiger partial charge >= 0.3 is 0 Å². The number of hydrogen-bond donors (Lipinski definition) is 1. The van der Waals surface area contributed by atoms with Crippen molar-refractivity contribution in [2.45, 2.75) is 27.3 Å². The summed E-state index contributed by atoms with van der Waals surface area (Å²) in [4.78, 5) is 11.3. The van der Waals surface area contributed by atoms with Crippen molar-refractivity contribution in [2.24, 2.45) is 0 Å². The van der Waals surface area contributed by atoms with Crippen LogP contribution in [-0.2, 0) is 6.54 Å². The van der Waals surface area contributed by atoms with E-state index < -0.39 is 0 Å². The van der Waals surface area contributed by atoms with Gasteiger partial charge in [0.05, 0.1) is 5.69 Å². The smallest absolute Gasteiger partial charge is 0.159 e. The topological polar surface area (TPSA) is 55.1 Å². The zero-order valence-corrected chi connectivity index (χ0v) is 10.8. The van der Waals surface area contributed by atoms with Crippen LogP contribution in [0.25, 0.3) is 0 Å². The number of anilines is 1. The number of ketones is 1. The fourth-order valence-corrected chi connectivity index (χ4v) is 1.79. The van der Waals surface area contributed by atoms with E-state index in [-0.39, 0.29) is 5.78 Å². The van der Waals surface area contributed by atoms with Crippen molar-refractivity contribution in [3.05, 3.63) is 46.8 Å². The van der Waals surface area contributed by atoms with E-state index in [0.717, 1.165) is 22.7 Å². The molecule has 18 heavy (non-hydrogen) atoms. The Balaban J connectivity index is 2.11. The Morgan fingerprint density at radius 1 is 1.39 bits per heavy atom. The molecule has 0 bridgehead atoms. The van der Waals surface area contributed by atoms with Crippen molar-refractivity contribution in [2.75, 3.05) is 5.32 Å². The van der Waals surface area contributed by atoms with E-state index in [0.29, 0.717) is 12.1 Å². The Morgan fingerprint density at radius 2 is 2.17 bits per heavy atom. The number of benzene rings is 1. The summed E-state index contributed by atoms with van der Waals surface area (Å²) < 4.78 is 5.10. The quantitative estimate of drug-likeness (QED) is 0.839. The highest BCUT2D eigenvalue weighted by atomic mass is 16.5. The molecule has 1 heterocycles. The zero-order chi connectivity index (χ0) is 13.1. The minimum Gasteiger partial charge on any atom is -0.381 e. The molecule has 0 saturated heterocycles. The number of nitrogens with one attached hydrogen (secondary N) is 1. The van der Waals surface area contributed by atoms with Crippen LogP contribution in [0, 0.1) is 13.8 Å². The van der Waals surface area contributed by atoms with E-state index in [4.69, 9.17) is 4.52 Å². The van der Waals surface area contributed by atoms with Crippen LogP contribution >= 0.6 is 0 Å². The molecule has 1 N–H and O–H groups in total. The second kappa shape index (κ2) is 5.04. The summed E-state index contributed by atoms with van der Waals surface area (Å²) in [5.41, 5.74) is 3.58. The third kappa shape index (κ3) is 2.59. The molecular weight excluding hydrogens is 228 g/mol. The fourth-order valence-electron chi connectivity index (χ4n) is 1.79. The van der Waals surface area contributed by atoms with Gasteiger partial charge in [0, 0.05) is 23.4 Å². The van der Waals surface area contributed by atoms with Gasteiger partial charge in [-0.15, -0.1) is 0 Å². The highest BCUT2D eigenvalue weighted by Gasteiger charge is 2.08. The molecule has 0 aliphatic heterocycles. The Morgan fingerprint density at radius 3 is 2.78 bits per heavy atom. The van der Waals surface area contributed by atoms with Gasteiger partial charge in [-0.3, -0.25) is 4.79 Å². The van der Waals surface area contributed by atoms with E-state index in [1.807, 2.05) is 38.1 Å². The second-order valence-corrected chi connectivity index (χ2v) is 4.29. The maximum absolute atomic E-state index is 11.3. The van der Waals surface area contributed by atoms with E-state index in [9.17, 15) is 4.79 Å². The summed E-state index contributed by atoms with van der Waals surface area (Å²) >= 11 is 0. The average Bonchev–Trinajstić information content (AvgIpc) is 2.67. The van der Waals surface area contributed by atoms with Gasteiger partial charge in [-0.25, -0.2) is 0 Å². The molecule has 1 aromatic heterocycles. The van der Waals surface area contributed by atoms with Gasteiger partial charge in [0.1, 0.15) is 5.76 Å². The molecule has 0 spiro atoms. The molecular formula is C14H16N2O2. The van der Waals surface area contributed by atoms with Crippen molar-refractivity contribution >= 4 is 11.5 Å². The molecule has 4 heteroatoms. The first-order valence-electron chi connectivity index (χ1n) is 5.84. The summed E-state index contributed by atoms with van der Waals surface area (Å²) in [5.74, 6) is 0.888. The zero-order valence-electron chi connectivity index (χ0n) is 10.8. The van der Waals surface area contributed by atoms with Crippen LogP contribution in [0.4, 0.5) is 5.69 Å². The van der Waals surface area contributed by atoms with Gasteiger partial charge in [0.15, 0.2) is 5.78 Å². The van der Waals surface area contributed by atoms with Crippen molar-refractivity contribution < 1.29 is 9.32 Å². The van der Waals surface area contributed by atoms with Gasteiger partial charge in [-0.1, -0.05) is 17.3 Å². The van der Waals surface area contributed by atoms with Crippen LogP contribution in [0.2, 0.25) is 0 Å². The molecule has 0 unspecified atom stereocenters. The molecule has 0 fully saturated rings. The Labute approximate surface area is 106 Å². The summed E-state index contributed by atoms with van der Waals surface area (Å²) in [6.07, 6.45) is 0. The second-order valence-electron chi connectivity index (χ2n) is 4.29. The first-order valence-corrected chi connectivity index (χ1v) is 5.84. The highest BCUT2D eigenvalue weighted by Crippen LogP contribution is 2.16. The third-order valence-corrected chi connectivity index (χ3v) is 2.92. The van der Waals surface area contributed by atoms with Crippen LogP contribution < -0.4 is 5.32 Å². The number of nitrogens with zero attached hydrogens (tertiary/aromatic N) is 1. The monoisotopic (exact) mass is 244 g/mol. The SMILES string of the molecule is CC(=O)c1cccc(NCc2c(C)noc2C)c1. The number of carbonyl (C=O) groups is 1. The maximum Gasteiger partial charge on any atom is 0.159 e. The number of aryl methyl sites for hydroxylation is 2. The fraction of sp³-hybridized carbons (Fsp3) is 0.286. The Hall–Kier alpha value is -2.10. The van der Waals surface area contributed by atoms with Gasteiger partial charge in [0.25, 0.3) is 0 Å². The molecule has 0 aliphatic carbocycles. The van der Waals surface area contributed by atoms with Crippen LogP contribution in [0.5, 0.6) is 0 Å². The lowest BCUT2D eigenvalue weighted by Gasteiger charge is -2.07.